The molecule has 148 valence electrons. The van der Waals surface area contributed by atoms with E-state index in [1.807, 2.05) is 16.7 Å². The van der Waals surface area contributed by atoms with Crippen LogP contribution in [-0.4, -0.2) is 78.5 Å². The fourth-order valence-corrected chi connectivity index (χ4v) is 4.94. The largest absolute Gasteiger partial charge is 0.343 e. The van der Waals surface area contributed by atoms with E-state index < -0.39 is 0 Å². The molecule has 0 aromatic heterocycles. The number of carbonyl (C=O) groups is 2. The Kier molecular flexibility index (Phi) is 6.43. The highest BCUT2D eigenvalue weighted by atomic mass is 16.2. The fourth-order valence-electron chi connectivity index (χ4n) is 4.94. The Hall–Kier alpha value is -1.30. The van der Waals surface area contributed by atoms with Crippen LogP contribution in [0.4, 0.5) is 4.79 Å². The van der Waals surface area contributed by atoms with E-state index >= 15 is 0 Å². The second kappa shape index (κ2) is 8.59. The summed E-state index contributed by atoms with van der Waals surface area (Å²) in [7, 11) is 2.16. The van der Waals surface area contributed by atoms with Crippen LogP contribution in [0.3, 0.4) is 0 Å². The Morgan fingerprint density at radius 2 is 1.92 bits per heavy atom. The standard InChI is InChI=1S/C20H36N4O2/c1-3-23-12-11-20(10-9-18(23)25)16-24(14-13-22(20)2)19(26)21-15-17-7-5-4-6-8-17/h17H,3-16H2,1-2H3,(H,21,26)/t20-/m1/s1. The first-order valence-electron chi connectivity index (χ1n) is 10.6. The summed E-state index contributed by atoms with van der Waals surface area (Å²) in [5.41, 5.74) is -0.0555. The smallest absolute Gasteiger partial charge is 0.317 e. The molecule has 3 fully saturated rings. The number of nitrogens with one attached hydrogen (secondary N) is 1. The van der Waals surface area contributed by atoms with Gasteiger partial charge in [-0.2, -0.15) is 0 Å². The Balaban J connectivity index is 1.58. The van der Waals surface area contributed by atoms with Gasteiger partial charge < -0.3 is 15.1 Å². The third-order valence-corrected chi connectivity index (χ3v) is 6.94. The molecule has 3 amide bonds. The number of amides is 3. The normalized spacial score (nSPS) is 29.1. The van der Waals surface area contributed by atoms with Crippen LogP contribution in [0.15, 0.2) is 0 Å². The van der Waals surface area contributed by atoms with Crippen molar-refractivity contribution in [3.05, 3.63) is 0 Å². The topological polar surface area (TPSA) is 55.9 Å². The molecule has 0 radical (unpaired) electrons. The number of urea groups is 1. The zero-order valence-electron chi connectivity index (χ0n) is 16.6. The van der Waals surface area contributed by atoms with Crippen LogP contribution in [0.5, 0.6) is 0 Å². The molecular weight excluding hydrogens is 328 g/mol. The minimum Gasteiger partial charge on any atom is -0.343 e. The highest BCUT2D eigenvalue weighted by Gasteiger charge is 2.43. The molecule has 1 spiro atoms. The third-order valence-electron chi connectivity index (χ3n) is 6.94. The highest BCUT2D eigenvalue weighted by Crippen LogP contribution is 2.32. The molecule has 2 saturated heterocycles. The molecule has 6 heteroatoms. The number of nitrogens with zero attached hydrogens (tertiary/aromatic N) is 3. The summed E-state index contributed by atoms with van der Waals surface area (Å²) in [6.07, 6.45) is 8.86. The van der Waals surface area contributed by atoms with Crippen molar-refractivity contribution in [1.29, 1.82) is 0 Å². The molecule has 1 aliphatic carbocycles. The van der Waals surface area contributed by atoms with Gasteiger partial charge in [-0.15, -0.1) is 0 Å². The maximum Gasteiger partial charge on any atom is 0.317 e. The minimum atomic E-state index is -0.0555. The van der Waals surface area contributed by atoms with E-state index in [9.17, 15) is 9.59 Å². The first-order chi connectivity index (χ1) is 12.5. The van der Waals surface area contributed by atoms with Crippen LogP contribution in [-0.2, 0) is 4.79 Å². The van der Waals surface area contributed by atoms with Crippen molar-refractivity contribution in [3.8, 4) is 0 Å². The first kappa shape index (κ1) is 19.5. The maximum atomic E-state index is 12.8. The average Bonchev–Trinajstić information content (AvgIpc) is 2.82. The van der Waals surface area contributed by atoms with Crippen LogP contribution in [0, 0.1) is 5.92 Å². The van der Waals surface area contributed by atoms with Gasteiger partial charge in [0.1, 0.15) is 0 Å². The average molecular weight is 365 g/mol. The van der Waals surface area contributed by atoms with Gasteiger partial charge in [-0.1, -0.05) is 19.3 Å². The van der Waals surface area contributed by atoms with Crippen molar-refractivity contribution in [1.82, 2.24) is 20.0 Å². The summed E-state index contributed by atoms with van der Waals surface area (Å²) in [5, 5.41) is 3.19. The van der Waals surface area contributed by atoms with Crippen molar-refractivity contribution < 1.29 is 9.59 Å². The van der Waals surface area contributed by atoms with E-state index in [2.05, 4.69) is 17.3 Å². The molecule has 1 saturated carbocycles. The molecule has 0 aromatic carbocycles. The molecule has 3 rings (SSSR count). The number of likely N-dealkylation sites (tertiary alicyclic amines) is 1. The summed E-state index contributed by atoms with van der Waals surface area (Å²) in [6, 6.07) is 0.0889. The second-order valence-electron chi connectivity index (χ2n) is 8.48. The Morgan fingerprint density at radius 1 is 1.15 bits per heavy atom. The van der Waals surface area contributed by atoms with E-state index in [0.29, 0.717) is 12.3 Å². The Morgan fingerprint density at radius 3 is 2.65 bits per heavy atom. The predicted octanol–water partition coefficient (Wildman–Crippen LogP) is 2.29. The summed E-state index contributed by atoms with van der Waals surface area (Å²) in [6.45, 7) is 6.86. The SMILES string of the molecule is CCN1CC[C@]2(CCC1=O)CN(C(=O)NCC1CCCCC1)CCN2C. The lowest BCUT2D eigenvalue weighted by Gasteiger charge is -2.49. The number of piperazine rings is 1. The summed E-state index contributed by atoms with van der Waals surface area (Å²) < 4.78 is 0. The van der Waals surface area contributed by atoms with Crippen molar-refractivity contribution in [3.63, 3.8) is 0 Å². The number of hydrogen-bond donors (Lipinski definition) is 1. The fraction of sp³-hybridized carbons (Fsp3) is 0.900. The molecule has 1 atom stereocenters. The van der Waals surface area contributed by atoms with Gasteiger partial charge in [-0.25, -0.2) is 4.79 Å². The van der Waals surface area contributed by atoms with Crippen molar-refractivity contribution in [2.45, 2.75) is 63.8 Å². The van der Waals surface area contributed by atoms with Gasteiger partial charge in [0, 0.05) is 51.2 Å². The number of carbonyl (C=O) groups excluding carboxylic acids is 2. The van der Waals surface area contributed by atoms with Crippen LogP contribution in [0.25, 0.3) is 0 Å². The predicted molar refractivity (Wildman–Crippen MR) is 103 cm³/mol. The van der Waals surface area contributed by atoms with Gasteiger partial charge in [0.25, 0.3) is 0 Å². The summed E-state index contributed by atoms with van der Waals surface area (Å²) >= 11 is 0. The highest BCUT2D eigenvalue weighted by molar-refractivity contribution is 5.77. The van der Waals surface area contributed by atoms with E-state index in [1.165, 1.54) is 32.1 Å². The molecule has 0 unspecified atom stereocenters. The minimum absolute atomic E-state index is 0.0555. The summed E-state index contributed by atoms with van der Waals surface area (Å²) in [5.74, 6) is 0.916. The number of hydrogen-bond acceptors (Lipinski definition) is 3. The molecule has 2 heterocycles. The van der Waals surface area contributed by atoms with Crippen molar-refractivity contribution in [2.75, 3.05) is 46.3 Å². The van der Waals surface area contributed by atoms with Gasteiger partial charge in [0.15, 0.2) is 0 Å². The zero-order valence-corrected chi connectivity index (χ0v) is 16.6. The van der Waals surface area contributed by atoms with Gasteiger partial charge in [0.2, 0.25) is 5.91 Å². The quantitative estimate of drug-likeness (QED) is 0.836. The molecule has 3 aliphatic rings. The molecule has 1 N–H and O–H groups in total. The van der Waals surface area contributed by atoms with Crippen LogP contribution in [0.2, 0.25) is 0 Å². The molecule has 0 aromatic rings. The van der Waals surface area contributed by atoms with E-state index in [1.54, 1.807) is 0 Å². The maximum absolute atomic E-state index is 12.8. The van der Waals surface area contributed by atoms with Crippen LogP contribution >= 0.6 is 0 Å². The van der Waals surface area contributed by atoms with Crippen molar-refractivity contribution in [2.24, 2.45) is 5.92 Å². The molecule has 0 bridgehead atoms. The van der Waals surface area contributed by atoms with Gasteiger partial charge >= 0.3 is 6.03 Å². The molecule has 6 nitrogen and oxygen atoms in total. The molecule has 2 aliphatic heterocycles. The monoisotopic (exact) mass is 364 g/mol. The molecular formula is C20H36N4O2. The van der Waals surface area contributed by atoms with E-state index in [4.69, 9.17) is 0 Å². The van der Waals surface area contributed by atoms with E-state index in [0.717, 1.165) is 52.1 Å². The Labute approximate surface area is 158 Å². The van der Waals surface area contributed by atoms with Crippen molar-refractivity contribution >= 4 is 11.9 Å². The third kappa shape index (κ3) is 4.33. The van der Waals surface area contributed by atoms with E-state index in [-0.39, 0.29) is 17.5 Å². The lowest BCUT2D eigenvalue weighted by molar-refractivity contribution is -0.130. The first-order valence-corrected chi connectivity index (χ1v) is 10.6. The van der Waals surface area contributed by atoms with Gasteiger partial charge in [0.05, 0.1) is 0 Å². The van der Waals surface area contributed by atoms with Crippen LogP contribution < -0.4 is 5.32 Å². The lowest BCUT2D eigenvalue weighted by Crippen LogP contribution is -2.63. The second-order valence-corrected chi connectivity index (χ2v) is 8.48. The summed E-state index contributed by atoms with van der Waals surface area (Å²) in [4.78, 5) is 31.4. The van der Waals surface area contributed by atoms with Gasteiger partial charge in [-0.3, -0.25) is 9.69 Å². The molecule has 26 heavy (non-hydrogen) atoms. The number of rotatable bonds is 3. The zero-order chi connectivity index (χ0) is 18.6. The van der Waals surface area contributed by atoms with Crippen LogP contribution in [0.1, 0.15) is 58.3 Å². The lowest BCUT2D eigenvalue weighted by atomic mass is 9.86. The Bertz CT molecular complexity index is 506. The van der Waals surface area contributed by atoms with Gasteiger partial charge in [-0.05, 0) is 45.6 Å². The number of likely N-dealkylation sites (N-methyl/N-ethyl adjacent to an activating group) is 1.